The van der Waals surface area contributed by atoms with Gasteiger partial charge in [0.15, 0.2) is 11.5 Å². The molecule has 2 N–H and O–H groups in total. The fraction of sp³-hybridized carbons (Fsp3) is 0.118. The SMILES string of the molecule is CC(=O)Nc1cccc(C(=O)N/N=C\c2cc3c(cc2Cl)OCO3)c1. The Morgan fingerprint density at radius 3 is 2.72 bits per heavy atom. The van der Waals surface area contributed by atoms with Crippen LogP contribution in [0.1, 0.15) is 22.8 Å². The van der Waals surface area contributed by atoms with E-state index in [2.05, 4.69) is 15.8 Å². The third-order valence-electron chi connectivity index (χ3n) is 3.31. The number of nitrogens with one attached hydrogen (secondary N) is 2. The number of amides is 2. The van der Waals surface area contributed by atoms with Gasteiger partial charge in [-0.1, -0.05) is 17.7 Å². The molecule has 0 fully saturated rings. The molecule has 8 heteroatoms. The minimum atomic E-state index is -0.416. The first-order valence-electron chi connectivity index (χ1n) is 7.33. The zero-order valence-corrected chi connectivity index (χ0v) is 14.0. The van der Waals surface area contributed by atoms with Crippen molar-refractivity contribution in [3.8, 4) is 11.5 Å². The molecular formula is C17H14ClN3O4. The van der Waals surface area contributed by atoms with Gasteiger partial charge in [-0.15, -0.1) is 0 Å². The number of anilines is 1. The zero-order chi connectivity index (χ0) is 17.8. The lowest BCUT2D eigenvalue weighted by molar-refractivity contribution is -0.114. The highest BCUT2D eigenvalue weighted by Crippen LogP contribution is 2.36. The molecule has 0 unspecified atom stereocenters. The molecule has 1 aliphatic rings. The molecule has 0 spiro atoms. The summed E-state index contributed by atoms with van der Waals surface area (Å²) in [4.78, 5) is 23.2. The van der Waals surface area contributed by atoms with Gasteiger partial charge in [-0.3, -0.25) is 9.59 Å². The van der Waals surface area contributed by atoms with E-state index < -0.39 is 5.91 Å². The Hall–Kier alpha value is -3.06. The predicted octanol–water partition coefficient (Wildman–Crippen LogP) is 2.79. The Kier molecular flexibility index (Phi) is 4.85. The third-order valence-corrected chi connectivity index (χ3v) is 3.63. The number of carbonyl (C=O) groups is 2. The number of carbonyl (C=O) groups excluding carboxylic acids is 2. The largest absolute Gasteiger partial charge is 0.454 e. The maximum atomic E-state index is 12.1. The van der Waals surface area contributed by atoms with Crippen LogP contribution in [0.3, 0.4) is 0 Å². The van der Waals surface area contributed by atoms with E-state index in [1.165, 1.54) is 13.1 Å². The van der Waals surface area contributed by atoms with E-state index >= 15 is 0 Å². The fourth-order valence-corrected chi connectivity index (χ4v) is 2.40. The highest BCUT2D eigenvalue weighted by Gasteiger charge is 2.15. The number of hydrazone groups is 1. The minimum absolute atomic E-state index is 0.146. The molecule has 0 atom stereocenters. The molecule has 7 nitrogen and oxygen atoms in total. The van der Waals surface area contributed by atoms with E-state index in [9.17, 15) is 9.59 Å². The average Bonchev–Trinajstić information content (AvgIpc) is 3.01. The summed E-state index contributed by atoms with van der Waals surface area (Å²) in [5.41, 5.74) is 3.88. The van der Waals surface area contributed by atoms with Gasteiger partial charge in [0.2, 0.25) is 12.7 Å². The first-order chi connectivity index (χ1) is 12.0. The smallest absolute Gasteiger partial charge is 0.271 e. The lowest BCUT2D eigenvalue weighted by Crippen LogP contribution is -2.18. The van der Waals surface area contributed by atoms with Crippen LogP contribution in [0.25, 0.3) is 0 Å². The van der Waals surface area contributed by atoms with Gasteiger partial charge < -0.3 is 14.8 Å². The Morgan fingerprint density at radius 1 is 1.20 bits per heavy atom. The monoisotopic (exact) mass is 359 g/mol. The van der Waals surface area contributed by atoms with Gasteiger partial charge in [0.1, 0.15) is 0 Å². The minimum Gasteiger partial charge on any atom is -0.454 e. The van der Waals surface area contributed by atoms with Gasteiger partial charge in [0.25, 0.3) is 5.91 Å². The van der Waals surface area contributed by atoms with E-state index in [0.717, 1.165) is 0 Å². The van der Waals surface area contributed by atoms with E-state index in [1.807, 2.05) is 0 Å². The molecule has 1 heterocycles. The van der Waals surface area contributed by atoms with Crippen LogP contribution >= 0.6 is 11.6 Å². The molecule has 3 rings (SSSR count). The second-order valence-electron chi connectivity index (χ2n) is 5.19. The van der Waals surface area contributed by atoms with Crippen LogP contribution in [0.15, 0.2) is 41.5 Å². The van der Waals surface area contributed by atoms with Crippen LogP contribution in [0.4, 0.5) is 5.69 Å². The van der Waals surface area contributed by atoms with Crippen molar-refractivity contribution < 1.29 is 19.1 Å². The maximum absolute atomic E-state index is 12.1. The van der Waals surface area contributed by atoms with Crippen LogP contribution in [0.5, 0.6) is 11.5 Å². The standard InChI is InChI=1S/C17H14ClN3O4/c1-10(22)20-13-4-2-3-11(5-13)17(23)21-19-8-12-6-15-16(7-14(12)18)25-9-24-15/h2-8H,9H2,1H3,(H,20,22)(H,21,23)/b19-8-. The number of hydrogen-bond acceptors (Lipinski definition) is 5. The summed E-state index contributed by atoms with van der Waals surface area (Å²) < 4.78 is 10.5. The molecular weight excluding hydrogens is 346 g/mol. The van der Waals surface area contributed by atoms with Gasteiger partial charge in [0.05, 0.1) is 11.2 Å². The van der Waals surface area contributed by atoms with Gasteiger partial charge in [-0.25, -0.2) is 5.43 Å². The highest BCUT2D eigenvalue weighted by atomic mass is 35.5. The van der Waals surface area contributed by atoms with Crippen molar-refractivity contribution in [2.24, 2.45) is 5.10 Å². The summed E-state index contributed by atoms with van der Waals surface area (Å²) in [6.07, 6.45) is 1.42. The van der Waals surface area contributed by atoms with Crippen molar-refractivity contribution >= 4 is 35.3 Å². The first-order valence-corrected chi connectivity index (χ1v) is 7.71. The Bertz CT molecular complexity index is 867. The summed E-state index contributed by atoms with van der Waals surface area (Å²) in [6.45, 7) is 1.54. The number of ether oxygens (including phenoxy) is 2. The van der Waals surface area contributed by atoms with Crippen molar-refractivity contribution in [3.63, 3.8) is 0 Å². The molecule has 0 aliphatic carbocycles. The normalized spacial score (nSPS) is 12.2. The zero-order valence-electron chi connectivity index (χ0n) is 13.2. The van der Waals surface area contributed by atoms with E-state index in [0.29, 0.717) is 33.3 Å². The summed E-state index contributed by atoms with van der Waals surface area (Å²) in [5, 5.41) is 6.94. The van der Waals surface area contributed by atoms with Gasteiger partial charge in [-0.05, 0) is 24.3 Å². The molecule has 0 radical (unpaired) electrons. The molecule has 0 aromatic heterocycles. The number of halogens is 1. The van der Waals surface area contributed by atoms with Crippen molar-refractivity contribution in [1.82, 2.24) is 5.43 Å². The van der Waals surface area contributed by atoms with E-state index in [1.54, 1.807) is 36.4 Å². The van der Waals surface area contributed by atoms with Crippen LogP contribution < -0.4 is 20.2 Å². The van der Waals surface area contributed by atoms with Crippen LogP contribution in [-0.4, -0.2) is 24.8 Å². The molecule has 0 saturated carbocycles. The summed E-state index contributed by atoms with van der Waals surface area (Å²) in [6, 6.07) is 9.83. The summed E-state index contributed by atoms with van der Waals surface area (Å²) in [7, 11) is 0. The number of rotatable bonds is 4. The average molecular weight is 360 g/mol. The van der Waals surface area contributed by atoms with Crippen LogP contribution in [0, 0.1) is 0 Å². The first kappa shape index (κ1) is 16.8. The lowest BCUT2D eigenvalue weighted by Gasteiger charge is -2.05. The molecule has 1 aliphatic heterocycles. The molecule has 2 amide bonds. The molecule has 0 saturated heterocycles. The molecule has 2 aromatic rings. The Morgan fingerprint density at radius 2 is 1.96 bits per heavy atom. The van der Waals surface area contributed by atoms with Crippen molar-refractivity contribution in [2.75, 3.05) is 12.1 Å². The van der Waals surface area contributed by atoms with E-state index in [-0.39, 0.29) is 12.7 Å². The van der Waals surface area contributed by atoms with Crippen LogP contribution in [-0.2, 0) is 4.79 Å². The maximum Gasteiger partial charge on any atom is 0.271 e. The van der Waals surface area contributed by atoms with Crippen LogP contribution in [0.2, 0.25) is 5.02 Å². The van der Waals surface area contributed by atoms with Gasteiger partial charge >= 0.3 is 0 Å². The second-order valence-corrected chi connectivity index (χ2v) is 5.60. The third kappa shape index (κ3) is 4.07. The number of hydrogen-bond donors (Lipinski definition) is 2. The van der Waals surface area contributed by atoms with Crippen molar-refractivity contribution in [3.05, 3.63) is 52.5 Å². The number of nitrogens with zero attached hydrogens (tertiary/aromatic N) is 1. The fourth-order valence-electron chi connectivity index (χ4n) is 2.20. The van der Waals surface area contributed by atoms with Gasteiger partial charge in [-0.2, -0.15) is 5.10 Å². The topological polar surface area (TPSA) is 89.0 Å². The Balaban J connectivity index is 1.68. The molecule has 2 aromatic carbocycles. The molecule has 0 bridgehead atoms. The summed E-state index contributed by atoms with van der Waals surface area (Å²) >= 11 is 6.13. The van der Waals surface area contributed by atoms with Gasteiger partial charge in [0, 0.05) is 29.8 Å². The van der Waals surface area contributed by atoms with Crippen molar-refractivity contribution in [1.29, 1.82) is 0 Å². The highest BCUT2D eigenvalue weighted by molar-refractivity contribution is 6.33. The summed E-state index contributed by atoms with van der Waals surface area (Å²) in [5.74, 6) is 0.509. The molecule has 25 heavy (non-hydrogen) atoms. The quantitative estimate of drug-likeness (QED) is 0.649. The molecule has 128 valence electrons. The van der Waals surface area contributed by atoms with Crippen molar-refractivity contribution in [2.45, 2.75) is 6.92 Å². The number of fused-ring (bicyclic) bond motifs is 1. The number of benzene rings is 2. The Labute approximate surface area is 148 Å². The lowest BCUT2D eigenvalue weighted by atomic mass is 10.2. The second kappa shape index (κ2) is 7.23. The van der Waals surface area contributed by atoms with E-state index in [4.69, 9.17) is 21.1 Å². The predicted molar refractivity (Wildman–Crippen MR) is 93.4 cm³/mol.